The van der Waals surface area contributed by atoms with Gasteiger partial charge in [0.1, 0.15) is 12.1 Å². The van der Waals surface area contributed by atoms with Crippen LogP contribution in [0.1, 0.15) is 129 Å². The molecule has 16 heteroatoms. The van der Waals surface area contributed by atoms with Gasteiger partial charge in [0, 0.05) is 48.0 Å². The molecular weight excluding hydrogens is 932 g/mol. The average molecular weight is 1000 g/mol. The number of nitrogens with one attached hydrogen (secondary N) is 2. The van der Waals surface area contributed by atoms with Crippen LogP contribution in [0.4, 0.5) is 0 Å². The molecule has 4 aromatic heterocycles. The zero-order chi connectivity index (χ0) is 52.8. The fourth-order valence-corrected chi connectivity index (χ4v) is 8.92. The molecule has 0 aliphatic heterocycles. The van der Waals surface area contributed by atoms with Gasteiger partial charge >= 0.3 is 30.8 Å². The van der Waals surface area contributed by atoms with Crippen LogP contribution in [0.15, 0.2) is 119 Å². The summed E-state index contributed by atoms with van der Waals surface area (Å²) in [6, 6.07) is 23.1. The SMILES string of the molecule is CCOC(=O)C[C@@H](NC(=O)C(CC(C)C)n1ccc(C)cc1=O)c1ccnc(-c2c(C)cccc2C)c1.Cc1ccn(C(CC(C)C)C(=O)N[C@H](CC(=O)O)c2ccnc(-c3c(C)cccc3C)c2)c(=O)c1.[Li+].[OH-]. The Bertz CT molecular complexity index is 2960. The van der Waals surface area contributed by atoms with E-state index in [0.29, 0.717) is 18.4 Å². The number of aliphatic carboxylic acids is 1. The first-order valence-corrected chi connectivity index (χ1v) is 24.6. The van der Waals surface area contributed by atoms with E-state index >= 15 is 0 Å². The number of carboxylic acids is 1. The zero-order valence-electron chi connectivity index (χ0n) is 44.9. The first-order valence-electron chi connectivity index (χ1n) is 24.6. The van der Waals surface area contributed by atoms with Crippen LogP contribution in [-0.4, -0.2) is 60.0 Å². The first-order chi connectivity index (χ1) is 34.2. The van der Waals surface area contributed by atoms with Gasteiger partial charge < -0.3 is 35.1 Å². The number of nitrogens with zero attached hydrogens (tertiary/aromatic N) is 4. The third-order valence-electron chi connectivity index (χ3n) is 12.4. The number of aryl methyl sites for hydroxylation is 6. The van der Waals surface area contributed by atoms with Crippen LogP contribution < -0.4 is 40.6 Å². The molecule has 6 rings (SSSR count). The summed E-state index contributed by atoms with van der Waals surface area (Å²) >= 11 is 0. The Morgan fingerprint density at radius 1 is 0.595 bits per heavy atom. The number of rotatable bonds is 19. The summed E-state index contributed by atoms with van der Waals surface area (Å²) in [7, 11) is 0. The maximum Gasteiger partial charge on any atom is 1.00 e. The summed E-state index contributed by atoms with van der Waals surface area (Å²) in [5.41, 5.74) is 10.3. The van der Waals surface area contributed by atoms with Gasteiger partial charge in [0.05, 0.1) is 42.9 Å². The van der Waals surface area contributed by atoms with Gasteiger partial charge in [-0.25, -0.2) is 0 Å². The van der Waals surface area contributed by atoms with Crippen molar-refractivity contribution < 1.29 is 53.4 Å². The molecule has 2 aromatic carbocycles. The van der Waals surface area contributed by atoms with E-state index in [-0.39, 0.29) is 78.6 Å². The number of esters is 1. The van der Waals surface area contributed by atoms with E-state index in [2.05, 4.69) is 20.6 Å². The molecule has 0 aliphatic rings. The van der Waals surface area contributed by atoms with Gasteiger partial charge in [0.15, 0.2) is 0 Å². The van der Waals surface area contributed by atoms with Crippen LogP contribution >= 0.6 is 0 Å². The Kier molecular flexibility index (Phi) is 23.6. The van der Waals surface area contributed by atoms with Gasteiger partial charge in [-0.05, 0) is 154 Å². The number of carbonyl (C=O) groups excluding carboxylic acids is 3. The van der Waals surface area contributed by atoms with Crippen LogP contribution in [0.3, 0.4) is 0 Å². The Morgan fingerprint density at radius 3 is 1.31 bits per heavy atom. The Hall–Kier alpha value is -6.92. The second-order valence-electron chi connectivity index (χ2n) is 19.4. The van der Waals surface area contributed by atoms with E-state index in [4.69, 9.17) is 4.74 Å². The number of carboxylic acid groups (broad SMARTS) is 1. The van der Waals surface area contributed by atoms with Crippen molar-refractivity contribution in [2.24, 2.45) is 11.8 Å². The molecule has 0 bridgehead atoms. The molecule has 4 N–H and O–H groups in total. The number of aromatic nitrogens is 4. The second kappa shape index (κ2) is 28.5. The van der Waals surface area contributed by atoms with Gasteiger partial charge in [-0.15, -0.1) is 0 Å². The summed E-state index contributed by atoms with van der Waals surface area (Å²) in [4.78, 5) is 85.9. The van der Waals surface area contributed by atoms with E-state index in [9.17, 15) is 33.9 Å². The van der Waals surface area contributed by atoms with Gasteiger partial charge in [0.25, 0.3) is 11.1 Å². The molecule has 2 amide bonds. The summed E-state index contributed by atoms with van der Waals surface area (Å²) in [5, 5.41) is 15.5. The largest absolute Gasteiger partial charge is 1.00 e. The molecule has 0 radical (unpaired) electrons. The predicted molar refractivity (Wildman–Crippen MR) is 283 cm³/mol. The Morgan fingerprint density at radius 2 is 0.973 bits per heavy atom. The van der Waals surface area contributed by atoms with Gasteiger partial charge in [-0.3, -0.25) is 38.7 Å². The van der Waals surface area contributed by atoms with Crippen molar-refractivity contribution in [1.82, 2.24) is 29.7 Å². The van der Waals surface area contributed by atoms with Crippen LogP contribution in [0.5, 0.6) is 0 Å². The standard InChI is InChI=1S/C30H37N3O4.C28H33N3O4.Li.H2O/c1-7-37-28(35)18-24(23-11-13-31-25(17-23)29-21(5)9-8-10-22(29)6)32-30(36)26(15-19(2)3)33-14-12-20(4)16-27(33)34;1-17(2)13-24(31-12-10-18(3)14-25(31)32)28(35)30-22(16-26(33)34)21-9-11-29-23(15-21)27-19(4)7-6-8-20(27)5;;/h8-14,16-17,19,24,26H,7,15,18H2,1-6H3,(H,32,36);6-12,14-15,17,22,24H,13,16H2,1-5H3,(H,30,35)(H,33,34);;1H2/q;;+1;/p-1/t24-,26?;22-,24?;;/m11../s1. The minimum absolute atomic E-state index is 0. The van der Waals surface area contributed by atoms with Gasteiger partial charge in [-0.2, -0.15) is 0 Å². The van der Waals surface area contributed by atoms with Crippen molar-refractivity contribution in [3.8, 4) is 22.5 Å². The molecule has 0 saturated heterocycles. The van der Waals surface area contributed by atoms with Gasteiger partial charge in [-0.1, -0.05) is 64.1 Å². The van der Waals surface area contributed by atoms with Crippen molar-refractivity contribution in [2.45, 2.75) is 126 Å². The molecule has 74 heavy (non-hydrogen) atoms. The molecule has 0 fully saturated rings. The molecule has 6 aromatic rings. The van der Waals surface area contributed by atoms with Crippen LogP contribution in [0.2, 0.25) is 0 Å². The minimum atomic E-state index is -1.03. The molecule has 0 aliphatic carbocycles. The van der Waals surface area contributed by atoms with E-state index < -0.39 is 36.1 Å². The summed E-state index contributed by atoms with van der Waals surface area (Å²) < 4.78 is 8.11. The Balaban J connectivity index is 0.000000381. The maximum absolute atomic E-state index is 13.7. The average Bonchev–Trinajstić information content (AvgIpc) is 3.30. The molecule has 15 nitrogen and oxygen atoms in total. The number of benzene rings is 2. The fraction of sp³-hybridized carbons (Fsp3) is 0.379. The number of ether oxygens (including phenoxy) is 1. The molecule has 2 unspecified atom stereocenters. The summed E-state index contributed by atoms with van der Waals surface area (Å²) in [6.45, 7) is 21.7. The van der Waals surface area contributed by atoms with Gasteiger partial charge in [0.2, 0.25) is 11.8 Å². The van der Waals surface area contributed by atoms with Crippen molar-refractivity contribution in [3.63, 3.8) is 0 Å². The number of hydrogen-bond acceptors (Lipinski definition) is 10. The first kappa shape index (κ1) is 61.4. The molecule has 4 atom stereocenters. The second-order valence-corrected chi connectivity index (χ2v) is 19.4. The van der Waals surface area contributed by atoms with E-state index in [0.717, 1.165) is 61.5 Å². The van der Waals surface area contributed by atoms with Crippen LogP contribution in [0, 0.1) is 53.4 Å². The summed E-state index contributed by atoms with van der Waals surface area (Å²) in [6.07, 6.45) is 7.21. The zero-order valence-corrected chi connectivity index (χ0v) is 44.9. The Labute approximate surface area is 446 Å². The molecular formula is C58H71LiN6O9. The predicted octanol–water partition coefficient (Wildman–Crippen LogP) is 6.82. The van der Waals surface area contributed by atoms with E-state index in [1.807, 2.05) is 124 Å². The van der Waals surface area contributed by atoms with Crippen molar-refractivity contribution >= 4 is 23.8 Å². The normalized spacial score (nSPS) is 12.4. The molecule has 0 saturated carbocycles. The van der Waals surface area contributed by atoms with Crippen molar-refractivity contribution in [3.05, 3.63) is 175 Å². The third kappa shape index (κ3) is 16.8. The third-order valence-corrected chi connectivity index (χ3v) is 12.4. The minimum Gasteiger partial charge on any atom is -0.870 e. The number of pyridine rings is 4. The van der Waals surface area contributed by atoms with Crippen molar-refractivity contribution in [1.29, 1.82) is 0 Å². The quantitative estimate of drug-likeness (QED) is 0.0565. The monoisotopic (exact) mass is 1000 g/mol. The van der Waals surface area contributed by atoms with E-state index in [1.165, 1.54) is 21.3 Å². The summed E-state index contributed by atoms with van der Waals surface area (Å²) in [5.74, 6) is -1.84. The number of hydrogen-bond donors (Lipinski definition) is 3. The molecule has 0 spiro atoms. The number of amides is 2. The number of carbonyl (C=O) groups is 4. The molecule has 388 valence electrons. The molecule has 4 heterocycles. The topological polar surface area (TPSA) is 222 Å². The maximum atomic E-state index is 13.7. The fourth-order valence-electron chi connectivity index (χ4n) is 8.92. The van der Waals surface area contributed by atoms with Crippen LogP contribution in [0.25, 0.3) is 22.5 Å². The van der Waals surface area contributed by atoms with Crippen molar-refractivity contribution in [2.75, 3.05) is 6.61 Å². The van der Waals surface area contributed by atoms with Crippen LogP contribution in [-0.2, 0) is 23.9 Å². The van der Waals surface area contributed by atoms with E-state index in [1.54, 1.807) is 49.9 Å². The smallest absolute Gasteiger partial charge is 0.870 e.